The summed E-state index contributed by atoms with van der Waals surface area (Å²) in [7, 11) is 1.57. The molecule has 0 aromatic heterocycles. The molecular formula is C13H25N3O3. The van der Waals surface area contributed by atoms with Gasteiger partial charge in [-0.25, -0.2) is 0 Å². The first-order valence-corrected chi connectivity index (χ1v) is 6.83. The van der Waals surface area contributed by atoms with E-state index in [1.165, 1.54) is 0 Å². The van der Waals surface area contributed by atoms with Crippen LogP contribution in [-0.2, 0) is 14.3 Å². The minimum absolute atomic E-state index is 0.0955. The number of ether oxygens (including phenoxy) is 1. The van der Waals surface area contributed by atoms with Crippen LogP contribution in [0.3, 0.4) is 0 Å². The van der Waals surface area contributed by atoms with Crippen LogP contribution in [0.2, 0.25) is 0 Å². The Morgan fingerprint density at radius 1 is 1.37 bits per heavy atom. The molecule has 1 aliphatic rings. The normalized spacial score (nSPS) is 18.9. The molecule has 0 aromatic carbocycles. The highest BCUT2D eigenvalue weighted by atomic mass is 16.5. The summed E-state index contributed by atoms with van der Waals surface area (Å²) < 4.78 is 4.85. The second-order valence-electron chi connectivity index (χ2n) is 5.17. The molecule has 0 spiro atoms. The highest BCUT2D eigenvalue weighted by Crippen LogP contribution is 2.37. The van der Waals surface area contributed by atoms with Crippen LogP contribution < -0.4 is 16.4 Å². The Labute approximate surface area is 114 Å². The lowest BCUT2D eigenvalue weighted by atomic mass is 9.85. The standard InChI is InChI=1S/C13H25N3O3/c1-10(11(17)15-7-8-19-2)16-12(18)13(9-14)5-3-4-6-13/h10H,3-9,14H2,1-2H3,(H,15,17)(H,16,18). The van der Waals surface area contributed by atoms with E-state index in [2.05, 4.69) is 10.6 Å². The van der Waals surface area contributed by atoms with Gasteiger partial charge >= 0.3 is 0 Å². The van der Waals surface area contributed by atoms with Crippen molar-refractivity contribution in [3.63, 3.8) is 0 Å². The summed E-state index contributed by atoms with van der Waals surface area (Å²) in [6.07, 6.45) is 3.68. The first-order chi connectivity index (χ1) is 9.05. The number of nitrogens with two attached hydrogens (primary N) is 1. The maximum Gasteiger partial charge on any atom is 0.242 e. The lowest BCUT2D eigenvalue weighted by Gasteiger charge is -2.27. The minimum atomic E-state index is -0.548. The molecule has 0 bridgehead atoms. The largest absolute Gasteiger partial charge is 0.383 e. The SMILES string of the molecule is COCCNC(=O)C(C)NC(=O)C1(CN)CCCC1. The van der Waals surface area contributed by atoms with Crippen molar-refractivity contribution in [3.05, 3.63) is 0 Å². The summed E-state index contributed by atoms with van der Waals surface area (Å²) in [5.41, 5.74) is 5.27. The Balaban J connectivity index is 2.44. The van der Waals surface area contributed by atoms with Gasteiger partial charge in [-0.3, -0.25) is 9.59 Å². The summed E-state index contributed by atoms with van der Waals surface area (Å²) in [6, 6.07) is -0.548. The van der Waals surface area contributed by atoms with Gasteiger partial charge in [0.05, 0.1) is 12.0 Å². The molecule has 0 aliphatic heterocycles. The van der Waals surface area contributed by atoms with Crippen molar-refractivity contribution in [2.45, 2.75) is 38.6 Å². The van der Waals surface area contributed by atoms with E-state index in [0.717, 1.165) is 25.7 Å². The third-order valence-corrected chi connectivity index (χ3v) is 3.78. The number of carbonyl (C=O) groups excluding carboxylic acids is 2. The molecule has 1 aliphatic carbocycles. The molecule has 1 saturated carbocycles. The predicted octanol–water partition coefficient (Wildman–Crippen LogP) is -0.227. The Hall–Kier alpha value is -1.14. The number of carbonyl (C=O) groups is 2. The molecule has 110 valence electrons. The second-order valence-corrected chi connectivity index (χ2v) is 5.17. The van der Waals surface area contributed by atoms with Crippen molar-refractivity contribution in [1.29, 1.82) is 0 Å². The van der Waals surface area contributed by atoms with E-state index in [0.29, 0.717) is 19.7 Å². The molecule has 1 rings (SSSR count). The first kappa shape index (κ1) is 15.9. The highest BCUT2D eigenvalue weighted by molar-refractivity contribution is 5.90. The molecule has 0 heterocycles. The van der Waals surface area contributed by atoms with E-state index in [9.17, 15) is 9.59 Å². The summed E-state index contributed by atoms with van der Waals surface area (Å²) in [5.74, 6) is -0.294. The quantitative estimate of drug-likeness (QED) is 0.558. The molecule has 6 heteroatoms. The third-order valence-electron chi connectivity index (χ3n) is 3.78. The Kier molecular flexibility index (Phi) is 6.24. The molecule has 0 aromatic rings. The van der Waals surface area contributed by atoms with Gasteiger partial charge in [0.15, 0.2) is 0 Å². The van der Waals surface area contributed by atoms with Gasteiger partial charge in [0.1, 0.15) is 6.04 Å². The molecule has 2 amide bonds. The van der Waals surface area contributed by atoms with Crippen LogP contribution in [0.5, 0.6) is 0 Å². The van der Waals surface area contributed by atoms with Gasteiger partial charge in [0.2, 0.25) is 11.8 Å². The fraction of sp³-hybridized carbons (Fsp3) is 0.846. The maximum atomic E-state index is 12.2. The van der Waals surface area contributed by atoms with Crippen molar-refractivity contribution in [3.8, 4) is 0 Å². The summed E-state index contributed by atoms with van der Waals surface area (Å²) in [5, 5.41) is 5.47. The summed E-state index contributed by atoms with van der Waals surface area (Å²) in [6.45, 7) is 2.92. The topological polar surface area (TPSA) is 93.5 Å². The first-order valence-electron chi connectivity index (χ1n) is 6.83. The maximum absolute atomic E-state index is 12.2. The van der Waals surface area contributed by atoms with Gasteiger partial charge < -0.3 is 21.1 Å². The van der Waals surface area contributed by atoms with Crippen LogP contribution in [-0.4, -0.2) is 44.7 Å². The van der Waals surface area contributed by atoms with Crippen LogP contribution in [0.4, 0.5) is 0 Å². The van der Waals surface area contributed by atoms with E-state index in [1.54, 1.807) is 14.0 Å². The van der Waals surface area contributed by atoms with Crippen molar-refractivity contribution >= 4 is 11.8 Å². The monoisotopic (exact) mass is 271 g/mol. The molecule has 4 N–H and O–H groups in total. The molecule has 1 atom stereocenters. The van der Waals surface area contributed by atoms with E-state index in [1.807, 2.05) is 0 Å². The van der Waals surface area contributed by atoms with E-state index in [4.69, 9.17) is 10.5 Å². The lowest BCUT2D eigenvalue weighted by molar-refractivity contribution is -0.134. The van der Waals surface area contributed by atoms with E-state index < -0.39 is 11.5 Å². The number of hydrogen-bond acceptors (Lipinski definition) is 4. The zero-order chi connectivity index (χ0) is 14.3. The van der Waals surface area contributed by atoms with Crippen molar-refractivity contribution < 1.29 is 14.3 Å². The van der Waals surface area contributed by atoms with E-state index >= 15 is 0 Å². The molecule has 1 unspecified atom stereocenters. The molecule has 19 heavy (non-hydrogen) atoms. The van der Waals surface area contributed by atoms with Gasteiger partial charge in [-0.05, 0) is 19.8 Å². The fourth-order valence-electron chi connectivity index (χ4n) is 2.42. The van der Waals surface area contributed by atoms with Crippen molar-refractivity contribution in [2.75, 3.05) is 26.8 Å². The smallest absolute Gasteiger partial charge is 0.242 e. The van der Waals surface area contributed by atoms with Gasteiger partial charge in [-0.1, -0.05) is 12.8 Å². The van der Waals surface area contributed by atoms with Crippen LogP contribution in [0.25, 0.3) is 0 Å². The fourth-order valence-corrected chi connectivity index (χ4v) is 2.42. The number of nitrogens with one attached hydrogen (secondary N) is 2. The highest BCUT2D eigenvalue weighted by Gasteiger charge is 2.40. The Morgan fingerprint density at radius 2 is 2.00 bits per heavy atom. The number of methoxy groups -OCH3 is 1. The zero-order valence-corrected chi connectivity index (χ0v) is 11.8. The summed E-state index contributed by atoms with van der Waals surface area (Å²) in [4.78, 5) is 24.0. The average Bonchev–Trinajstić information content (AvgIpc) is 2.88. The molecular weight excluding hydrogens is 246 g/mol. The molecule has 6 nitrogen and oxygen atoms in total. The van der Waals surface area contributed by atoms with Gasteiger partial charge in [0.25, 0.3) is 0 Å². The molecule has 0 saturated heterocycles. The number of rotatable bonds is 7. The van der Waals surface area contributed by atoms with Crippen molar-refractivity contribution in [2.24, 2.45) is 11.1 Å². The minimum Gasteiger partial charge on any atom is -0.383 e. The number of hydrogen-bond donors (Lipinski definition) is 3. The average molecular weight is 271 g/mol. The van der Waals surface area contributed by atoms with Gasteiger partial charge in [0, 0.05) is 20.2 Å². The van der Waals surface area contributed by atoms with Crippen LogP contribution in [0.1, 0.15) is 32.6 Å². The Bertz CT molecular complexity index is 314. The van der Waals surface area contributed by atoms with Crippen LogP contribution in [0.15, 0.2) is 0 Å². The third kappa shape index (κ3) is 4.18. The summed E-state index contributed by atoms with van der Waals surface area (Å²) >= 11 is 0. The predicted molar refractivity (Wildman–Crippen MR) is 72.4 cm³/mol. The Morgan fingerprint density at radius 3 is 2.53 bits per heavy atom. The van der Waals surface area contributed by atoms with Crippen molar-refractivity contribution in [1.82, 2.24) is 10.6 Å². The van der Waals surface area contributed by atoms with E-state index in [-0.39, 0.29) is 11.8 Å². The van der Waals surface area contributed by atoms with Crippen LogP contribution >= 0.6 is 0 Å². The van der Waals surface area contributed by atoms with Gasteiger partial charge in [-0.2, -0.15) is 0 Å². The second kappa shape index (κ2) is 7.45. The van der Waals surface area contributed by atoms with Gasteiger partial charge in [-0.15, -0.1) is 0 Å². The zero-order valence-electron chi connectivity index (χ0n) is 11.8. The molecule has 1 fully saturated rings. The molecule has 0 radical (unpaired) electrons. The lowest BCUT2D eigenvalue weighted by Crippen LogP contribution is -2.52. The van der Waals surface area contributed by atoms with Crippen LogP contribution in [0, 0.1) is 5.41 Å². The number of amides is 2.